The van der Waals surface area contributed by atoms with E-state index in [9.17, 15) is 10.1 Å². The van der Waals surface area contributed by atoms with Crippen molar-refractivity contribution in [3.05, 3.63) is 51.4 Å². The van der Waals surface area contributed by atoms with Crippen molar-refractivity contribution in [2.45, 2.75) is 0 Å². The Balaban J connectivity index is 1.86. The highest BCUT2D eigenvalue weighted by Gasteiger charge is 2.16. The van der Waals surface area contributed by atoms with Gasteiger partial charge in [0, 0.05) is 6.20 Å². The van der Waals surface area contributed by atoms with Crippen molar-refractivity contribution in [1.29, 1.82) is 5.26 Å². The number of rotatable bonds is 3. The van der Waals surface area contributed by atoms with E-state index in [1.165, 1.54) is 23.6 Å². The van der Waals surface area contributed by atoms with Gasteiger partial charge in [-0.1, -0.05) is 29.0 Å². The van der Waals surface area contributed by atoms with E-state index >= 15 is 0 Å². The lowest BCUT2D eigenvalue weighted by molar-refractivity contribution is 0.102. The molecule has 0 unspecified atom stereocenters. The van der Waals surface area contributed by atoms with Crippen molar-refractivity contribution in [2.24, 2.45) is 0 Å². The van der Waals surface area contributed by atoms with Crippen LogP contribution >= 0.6 is 34.3 Å². The van der Waals surface area contributed by atoms with Gasteiger partial charge in [0.1, 0.15) is 21.8 Å². The first-order valence-corrected chi connectivity index (χ1v) is 8.12. The number of hydrogen-bond acceptors (Lipinski definition) is 6. The van der Waals surface area contributed by atoms with Gasteiger partial charge in [-0.3, -0.25) is 10.1 Å². The second kappa shape index (κ2) is 6.23. The summed E-state index contributed by atoms with van der Waals surface area (Å²) < 4.78 is 0. The van der Waals surface area contributed by atoms with Crippen LogP contribution in [0.2, 0.25) is 5.15 Å². The van der Waals surface area contributed by atoms with E-state index in [1.807, 2.05) is 17.5 Å². The van der Waals surface area contributed by atoms with Gasteiger partial charge in [0.2, 0.25) is 0 Å². The van der Waals surface area contributed by atoms with E-state index in [4.69, 9.17) is 11.6 Å². The lowest BCUT2D eigenvalue weighted by Gasteiger charge is -2.00. The zero-order valence-electron chi connectivity index (χ0n) is 10.9. The summed E-state index contributed by atoms with van der Waals surface area (Å²) in [7, 11) is 0. The average molecular weight is 347 g/mol. The predicted molar refractivity (Wildman–Crippen MR) is 87.3 cm³/mol. The molecule has 0 aliphatic carbocycles. The maximum Gasteiger partial charge on any atom is 0.259 e. The van der Waals surface area contributed by atoms with E-state index < -0.39 is 0 Å². The van der Waals surface area contributed by atoms with Gasteiger partial charge in [0.25, 0.3) is 5.91 Å². The first kappa shape index (κ1) is 14.7. The molecule has 0 fully saturated rings. The third kappa shape index (κ3) is 2.99. The van der Waals surface area contributed by atoms with Crippen molar-refractivity contribution in [3.63, 3.8) is 0 Å². The highest BCUT2D eigenvalue weighted by atomic mass is 35.5. The Morgan fingerprint density at radius 3 is 2.86 bits per heavy atom. The number of amides is 1. The molecule has 1 amide bonds. The maximum absolute atomic E-state index is 12.1. The minimum atomic E-state index is -0.347. The minimum Gasteiger partial charge on any atom is -0.298 e. The monoisotopic (exact) mass is 346 g/mol. The number of anilines is 1. The summed E-state index contributed by atoms with van der Waals surface area (Å²) >= 11 is 8.32. The molecular formula is C14H7ClN4OS2. The van der Waals surface area contributed by atoms with E-state index in [1.54, 1.807) is 6.07 Å². The van der Waals surface area contributed by atoms with E-state index in [-0.39, 0.29) is 5.91 Å². The van der Waals surface area contributed by atoms with Crippen molar-refractivity contribution in [1.82, 2.24) is 9.97 Å². The summed E-state index contributed by atoms with van der Waals surface area (Å²) in [6.07, 6.45) is 1.39. The summed E-state index contributed by atoms with van der Waals surface area (Å²) in [6.45, 7) is 0. The third-order valence-corrected chi connectivity index (χ3v) is 4.67. The van der Waals surface area contributed by atoms with Gasteiger partial charge in [0.05, 0.1) is 10.4 Å². The fourth-order valence-electron chi connectivity index (χ4n) is 1.71. The molecule has 0 saturated heterocycles. The third-order valence-electron chi connectivity index (χ3n) is 2.69. The molecule has 3 aromatic rings. The maximum atomic E-state index is 12.1. The molecule has 0 atom stereocenters. The van der Waals surface area contributed by atoms with Crippen LogP contribution in [0.15, 0.2) is 35.8 Å². The van der Waals surface area contributed by atoms with Gasteiger partial charge in [-0.2, -0.15) is 5.26 Å². The Hall–Kier alpha value is -2.27. The smallest absolute Gasteiger partial charge is 0.259 e. The van der Waals surface area contributed by atoms with Gasteiger partial charge in [-0.05, 0) is 23.6 Å². The Morgan fingerprint density at radius 1 is 1.36 bits per heavy atom. The molecule has 0 saturated carbocycles. The van der Waals surface area contributed by atoms with Crippen molar-refractivity contribution < 1.29 is 4.79 Å². The summed E-state index contributed by atoms with van der Waals surface area (Å²) in [6, 6.07) is 8.99. The molecule has 0 aromatic carbocycles. The minimum absolute atomic E-state index is 0.317. The number of carbonyl (C=O) groups is 1. The first-order valence-electron chi connectivity index (χ1n) is 6.05. The summed E-state index contributed by atoms with van der Waals surface area (Å²) in [5.41, 5.74) is 0.961. The van der Waals surface area contributed by atoms with Gasteiger partial charge < -0.3 is 0 Å². The molecule has 8 heteroatoms. The molecule has 3 aromatic heterocycles. The number of hydrogen-bond donors (Lipinski definition) is 1. The summed E-state index contributed by atoms with van der Waals surface area (Å²) in [5, 5.41) is 14.5. The van der Waals surface area contributed by atoms with Crippen LogP contribution in [0.3, 0.4) is 0 Å². The number of halogens is 1. The van der Waals surface area contributed by atoms with Crippen LogP contribution in [0.1, 0.15) is 15.2 Å². The second-order valence-electron chi connectivity index (χ2n) is 4.11. The molecule has 3 rings (SSSR count). The van der Waals surface area contributed by atoms with Crippen LogP contribution in [-0.4, -0.2) is 15.9 Å². The topological polar surface area (TPSA) is 78.7 Å². The molecule has 0 aliphatic rings. The molecule has 22 heavy (non-hydrogen) atoms. The normalized spacial score (nSPS) is 10.2. The Kier molecular flexibility index (Phi) is 4.15. The number of thiazole rings is 1. The zero-order chi connectivity index (χ0) is 15.5. The number of nitrogens with zero attached hydrogens (tertiary/aromatic N) is 3. The van der Waals surface area contributed by atoms with Crippen molar-refractivity contribution in [2.75, 3.05) is 5.32 Å². The fourth-order valence-corrected chi connectivity index (χ4v) is 3.38. The van der Waals surface area contributed by atoms with E-state index in [0.717, 1.165) is 16.2 Å². The fraction of sp³-hybridized carbons (Fsp3) is 0. The Labute approximate surface area is 138 Å². The number of nitrogens with one attached hydrogen (secondary N) is 1. The Bertz CT molecular complexity index is 850. The van der Waals surface area contributed by atoms with Gasteiger partial charge in [-0.15, -0.1) is 11.3 Å². The predicted octanol–water partition coefficient (Wildman–Crippen LogP) is 4.04. The van der Waals surface area contributed by atoms with Crippen LogP contribution in [0.4, 0.5) is 5.13 Å². The Morgan fingerprint density at radius 2 is 2.23 bits per heavy atom. The number of carbonyl (C=O) groups excluding carboxylic acids is 1. The van der Waals surface area contributed by atoms with Gasteiger partial charge in [-0.25, -0.2) is 9.97 Å². The summed E-state index contributed by atoms with van der Waals surface area (Å²) in [4.78, 5) is 21.7. The van der Waals surface area contributed by atoms with Crippen LogP contribution in [0.25, 0.3) is 10.6 Å². The van der Waals surface area contributed by atoms with Gasteiger partial charge in [0.15, 0.2) is 5.13 Å². The molecular weight excluding hydrogens is 340 g/mol. The molecule has 0 aliphatic heterocycles. The van der Waals surface area contributed by atoms with Crippen LogP contribution in [0.5, 0.6) is 0 Å². The van der Waals surface area contributed by atoms with E-state index in [0.29, 0.717) is 26.4 Å². The van der Waals surface area contributed by atoms with Gasteiger partial charge >= 0.3 is 0 Å². The van der Waals surface area contributed by atoms with E-state index in [2.05, 4.69) is 21.4 Å². The lowest BCUT2D eigenvalue weighted by Crippen LogP contribution is -2.11. The first-order chi connectivity index (χ1) is 10.7. The molecule has 1 N–H and O–H groups in total. The number of aromatic nitrogens is 2. The quantitative estimate of drug-likeness (QED) is 0.726. The molecule has 0 radical (unpaired) electrons. The molecule has 3 heterocycles. The largest absolute Gasteiger partial charge is 0.298 e. The van der Waals surface area contributed by atoms with Crippen molar-refractivity contribution in [3.8, 4) is 16.6 Å². The highest BCUT2D eigenvalue weighted by Crippen LogP contribution is 2.33. The summed E-state index contributed by atoms with van der Waals surface area (Å²) in [5.74, 6) is -0.347. The van der Waals surface area contributed by atoms with Crippen molar-refractivity contribution >= 4 is 45.3 Å². The van der Waals surface area contributed by atoms with Crippen LogP contribution in [-0.2, 0) is 0 Å². The lowest BCUT2D eigenvalue weighted by atomic mass is 10.3. The van der Waals surface area contributed by atoms with Crippen LogP contribution < -0.4 is 5.32 Å². The average Bonchev–Trinajstić information content (AvgIpc) is 3.16. The number of nitriles is 1. The van der Waals surface area contributed by atoms with Crippen LogP contribution in [0, 0.1) is 11.3 Å². The SMILES string of the molecule is N#Cc1sc(NC(=O)c2ccc(Cl)nc2)nc1-c1cccs1. The molecule has 0 spiro atoms. The molecule has 5 nitrogen and oxygen atoms in total. The standard InChI is InChI=1S/C14H7ClN4OS2/c15-11-4-3-8(7-17-11)13(20)19-14-18-12(10(6-16)22-14)9-2-1-5-21-9/h1-5,7H,(H,18,19,20). The zero-order valence-corrected chi connectivity index (χ0v) is 13.3. The highest BCUT2D eigenvalue weighted by molar-refractivity contribution is 7.18. The number of thiophene rings is 1. The molecule has 0 bridgehead atoms. The molecule has 108 valence electrons. The number of pyridine rings is 1. The second-order valence-corrected chi connectivity index (χ2v) is 6.44.